The molecule has 3 aromatic rings. The van der Waals surface area contributed by atoms with Crippen molar-refractivity contribution in [2.75, 3.05) is 13.7 Å². The fraction of sp³-hybridized carbons (Fsp3) is 0.208. The van der Waals surface area contributed by atoms with Gasteiger partial charge in [-0.1, -0.05) is 66.7 Å². The molecule has 148 valence electrons. The van der Waals surface area contributed by atoms with Gasteiger partial charge in [-0.25, -0.2) is 4.98 Å². The molecule has 2 aromatic carbocycles. The zero-order valence-electron chi connectivity index (χ0n) is 16.4. The summed E-state index contributed by atoms with van der Waals surface area (Å²) in [6.45, 7) is 0.725. The summed E-state index contributed by atoms with van der Waals surface area (Å²) in [5, 5.41) is 1.93. The average Bonchev–Trinajstić information content (AvgIpc) is 3.16. The van der Waals surface area contributed by atoms with Crippen LogP contribution in [-0.4, -0.2) is 23.7 Å². The van der Waals surface area contributed by atoms with Gasteiger partial charge in [0.2, 0.25) is 11.8 Å². The lowest BCUT2D eigenvalue weighted by Crippen LogP contribution is -2.26. The molecule has 1 aliphatic rings. The van der Waals surface area contributed by atoms with E-state index >= 15 is 0 Å². The lowest BCUT2D eigenvalue weighted by Gasteiger charge is -2.26. The first-order valence-electron chi connectivity index (χ1n) is 9.76. The largest absolute Gasteiger partial charge is 0.481 e. The Morgan fingerprint density at radius 3 is 2.21 bits per heavy atom. The van der Waals surface area contributed by atoms with Crippen LogP contribution in [0.2, 0.25) is 0 Å². The topological polar surface area (TPSA) is 60.6 Å². The smallest absolute Gasteiger partial charge is 0.212 e. The van der Waals surface area contributed by atoms with Crippen molar-refractivity contribution in [1.29, 1.82) is 0 Å². The SMILES string of the molecule is COc1ccc(C2C=C(N)ON2CCC(c2ccccc2)c2ccccc2)cn1. The van der Waals surface area contributed by atoms with Crippen molar-refractivity contribution in [3.8, 4) is 5.88 Å². The van der Waals surface area contributed by atoms with Gasteiger partial charge in [-0.15, -0.1) is 5.06 Å². The van der Waals surface area contributed by atoms with E-state index in [2.05, 4.69) is 53.5 Å². The first-order valence-corrected chi connectivity index (χ1v) is 9.76. The summed E-state index contributed by atoms with van der Waals surface area (Å²) in [7, 11) is 1.61. The second kappa shape index (κ2) is 8.80. The predicted octanol–water partition coefficient (Wildman–Crippen LogP) is 4.40. The van der Waals surface area contributed by atoms with Gasteiger partial charge < -0.3 is 15.3 Å². The van der Waals surface area contributed by atoms with Crippen LogP contribution in [0.4, 0.5) is 0 Å². The zero-order valence-corrected chi connectivity index (χ0v) is 16.4. The summed E-state index contributed by atoms with van der Waals surface area (Å²) in [4.78, 5) is 10.1. The molecule has 1 unspecified atom stereocenters. The number of aromatic nitrogens is 1. The molecule has 0 saturated heterocycles. The maximum atomic E-state index is 5.99. The molecule has 4 rings (SSSR count). The summed E-state index contributed by atoms with van der Waals surface area (Å²) in [5.74, 6) is 1.28. The van der Waals surface area contributed by atoms with Gasteiger partial charge in [0.25, 0.3) is 0 Å². The van der Waals surface area contributed by atoms with Crippen LogP contribution in [0.3, 0.4) is 0 Å². The predicted molar refractivity (Wildman–Crippen MR) is 113 cm³/mol. The second-order valence-corrected chi connectivity index (χ2v) is 7.04. The molecule has 1 aliphatic heterocycles. The number of nitrogens with zero attached hydrogens (tertiary/aromatic N) is 2. The Hall–Kier alpha value is -3.31. The molecule has 1 aromatic heterocycles. The highest BCUT2D eigenvalue weighted by Gasteiger charge is 2.28. The molecule has 1 atom stereocenters. The van der Waals surface area contributed by atoms with Gasteiger partial charge in [0.15, 0.2) is 0 Å². The second-order valence-electron chi connectivity index (χ2n) is 7.04. The number of rotatable bonds is 7. The number of hydroxylamine groups is 2. The fourth-order valence-electron chi connectivity index (χ4n) is 3.75. The Morgan fingerprint density at radius 2 is 1.66 bits per heavy atom. The van der Waals surface area contributed by atoms with Crippen LogP contribution in [0.5, 0.6) is 5.88 Å². The number of pyridine rings is 1. The average molecular weight is 387 g/mol. The van der Waals surface area contributed by atoms with Gasteiger partial charge in [0.1, 0.15) is 0 Å². The molecule has 0 saturated carbocycles. The fourth-order valence-corrected chi connectivity index (χ4v) is 3.75. The standard InChI is InChI=1S/C24H25N3O2/c1-28-24-13-12-20(17-26-24)22-16-23(25)29-27(22)15-14-21(18-8-4-2-5-9-18)19-10-6-3-7-11-19/h2-13,16-17,21-22H,14-15,25H2,1H3. The van der Waals surface area contributed by atoms with Crippen LogP contribution < -0.4 is 10.5 Å². The number of hydrogen-bond acceptors (Lipinski definition) is 5. The Kier molecular flexibility index (Phi) is 5.77. The summed E-state index contributed by atoms with van der Waals surface area (Å²) >= 11 is 0. The third kappa shape index (κ3) is 4.41. The van der Waals surface area contributed by atoms with E-state index in [0.29, 0.717) is 11.8 Å². The molecule has 29 heavy (non-hydrogen) atoms. The van der Waals surface area contributed by atoms with E-state index in [1.54, 1.807) is 13.3 Å². The van der Waals surface area contributed by atoms with Gasteiger partial charge in [-0.3, -0.25) is 0 Å². The molecule has 0 bridgehead atoms. The van der Waals surface area contributed by atoms with Crippen molar-refractivity contribution in [1.82, 2.24) is 10.0 Å². The van der Waals surface area contributed by atoms with Crippen molar-refractivity contribution in [2.24, 2.45) is 5.73 Å². The number of methoxy groups -OCH3 is 1. The third-order valence-electron chi connectivity index (χ3n) is 5.21. The van der Waals surface area contributed by atoms with Crippen molar-refractivity contribution >= 4 is 0 Å². The molecule has 5 heteroatoms. The van der Waals surface area contributed by atoms with E-state index in [-0.39, 0.29) is 12.0 Å². The first kappa shape index (κ1) is 19.0. The Labute approximate surface area is 171 Å². The molecule has 0 spiro atoms. The van der Waals surface area contributed by atoms with Gasteiger partial charge >= 0.3 is 0 Å². The zero-order chi connectivity index (χ0) is 20.1. The van der Waals surface area contributed by atoms with Gasteiger partial charge in [0.05, 0.1) is 13.2 Å². The lowest BCUT2D eigenvalue weighted by molar-refractivity contribution is -0.120. The molecule has 0 amide bonds. The maximum absolute atomic E-state index is 5.99. The van der Waals surface area contributed by atoms with E-state index in [1.807, 2.05) is 35.4 Å². The van der Waals surface area contributed by atoms with Gasteiger partial charge in [-0.05, 0) is 23.1 Å². The highest BCUT2D eigenvalue weighted by Crippen LogP contribution is 2.33. The number of hydrogen-bond donors (Lipinski definition) is 1. The first-order chi connectivity index (χ1) is 14.2. The molecule has 0 fully saturated rings. The van der Waals surface area contributed by atoms with Crippen LogP contribution in [0.15, 0.2) is 91.0 Å². The minimum absolute atomic E-state index is 0.0689. The van der Waals surface area contributed by atoms with Gasteiger partial charge in [-0.2, -0.15) is 0 Å². The molecular formula is C24H25N3O2. The monoisotopic (exact) mass is 387 g/mol. The summed E-state index contributed by atoms with van der Waals surface area (Å²) in [6.07, 6.45) is 4.62. The quantitative estimate of drug-likeness (QED) is 0.651. The Balaban J connectivity index is 1.53. The highest BCUT2D eigenvalue weighted by atomic mass is 16.7. The maximum Gasteiger partial charge on any atom is 0.212 e. The van der Waals surface area contributed by atoms with E-state index in [0.717, 1.165) is 18.5 Å². The van der Waals surface area contributed by atoms with E-state index in [1.165, 1.54) is 11.1 Å². The molecule has 0 aliphatic carbocycles. The van der Waals surface area contributed by atoms with Crippen LogP contribution >= 0.6 is 0 Å². The van der Waals surface area contributed by atoms with Crippen molar-refractivity contribution < 1.29 is 9.57 Å². The number of nitrogens with two attached hydrogens (primary N) is 1. The van der Waals surface area contributed by atoms with Crippen molar-refractivity contribution in [2.45, 2.75) is 18.4 Å². The Morgan fingerprint density at radius 1 is 1.00 bits per heavy atom. The van der Waals surface area contributed by atoms with Crippen molar-refractivity contribution in [3.05, 3.63) is 108 Å². The summed E-state index contributed by atoms with van der Waals surface area (Å²) < 4.78 is 5.16. The van der Waals surface area contributed by atoms with E-state index in [9.17, 15) is 0 Å². The van der Waals surface area contributed by atoms with E-state index in [4.69, 9.17) is 15.3 Å². The minimum Gasteiger partial charge on any atom is -0.481 e. The number of benzene rings is 2. The lowest BCUT2D eigenvalue weighted by atomic mass is 9.88. The highest BCUT2D eigenvalue weighted by molar-refractivity contribution is 5.32. The molecular weight excluding hydrogens is 362 g/mol. The third-order valence-corrected chi connectivity index (χ3v) is 5.21. The van der Waals surface area contributed by atoms with Crippen LogP contribution in [0, 0.1) is 0 Å². The van der Waals surface area contributed by atoms with Crippen LogP contribution in [-0.2, 0) is 4.84 Å². The molecule has 2 N–H and O–H groups in total. The van der Waals surface area contributed by atoms with Crippen LogP contribution in [0.1, 0.15) is 35.1 Å². The molecule has 0 radical (unpaired) electrons. The minimum atomic E-state index is -0.0689. The van der Waals surface area contributed by atoms with Crippen LogP contribution in [0.25, 0.3) is 0 Å². The van der Waals surface area contributed by atoms with E-state index < -0.39 is 0 Å². The number of ether oxygens (including phenoxy) is 1. The van der Waals surface area contributed by atoms with Crippen molar-refractivity contribution in [3.63, 3.8) is 0 Å². The normalized spacial score (nSPS) is 16.5. The molecule has 2 heterocycles. The van der Waals surface area contributed by atoms with Gasteiger partial charge in [0, 0.05) is 30.8 Å². The Bertz CT molecular complexity index is 903. The summed E-state index contributed by atoms with van der Waals surface area (Å²) in [5.41, 5.74) is 9.59. The summed E-state index contributed by atoms with van der Waals surface area (Å²) in [6, 6.07) is 24.9. The molecule has 5 nitrogen and oxygen atoms in total.